The van der Waals surface area contributed by atoms with E-state index in [0.29, 0.717) is 16.9 Å². The van der Waals surface area contributed by atoms with Gasteiger partial charge < -0.3 is 25.3 Å². The summed E-state index contributed by atoms with van der Waals surface area (Å²) < 4.78 is 55.0. The van der Waals surface area contributed by atoms with Gasteiger partial charge in [0.05, 0.1) is 23.6 Å². The van der Waals surface area contributed by atoms with Gasteiger partial charge in [-0.15, -0.1) is 5.10 Å². The van der Waals surface area contributed by atoms with E-state index in [-0.39, 0.29) is 39.9 Å². The van der Waals surface area contributed by atoms with Crippen LogP contribution in [0.1, 0.15) is 32.3 Å². The number of ether oxygens (including phenoxy) is 3. The van der Waals surface area contributed by atoms with Crippen molar-refractivity contribution in [1.29, 1.82) is 0 Å². The molecule has 2 amide bonds. The predicted molar refractivity (Wildman–Crippen MR) is 190 cm³/mol. The largest absolute Gasteiger partial charge is 0.495 e. The van der Waals surface area contributed by atoms with Gasteiger partial charge in [0.25, 0.3) is 5.95 Å². The first-order valence-corrected chi connectivity index (χ1v) is 17.9. The maximum atomic E-state index is 13.6. The van der Waals surface area contributed by atoms with E-state index in [0.717, 1.165) is 22.3 Å². The number of carbonyl (C=O) groups excluding carboxylic acids is 3. The summed E-state index contributed by atoms with van der Waals surface area (Å²) in [4.78, 5) is 44.0. The molecule has 0 aliphatic carbocycles. The zero-order chi connectivity index (χ0) is 37.7. The molecule has 0 aliphatic rings. The number of amides is 2. The van der Waals surface area contributed by atoms with E-state index in [1.807, 2.05) is 12.1 Å². The van der Waals surface area contributed by atoms with Crippen LogP contribution in [0.25, 0.3) is 16.8 Å². The summed E-state index contributed by atoms with van der Waals surface area (Å²) in [6.07, 6.45) is 1.66. The predicted octanol–water partition coefficient (Wildman–Crippen LogP) is 5.45. The molecule has 0 bridgehead atoms. The zero-order valence-corrected chi connectivity index (χ0v) is 29.8. The molecule has 0 radical (unpaired) electrons. The van der Waals surface area contributed by atoms with E-state index in [2.05, 4.69) is 15.4 Å². The van der Waals surface area contributed by atoms with E-state index in [1.165, 1.54) is 42.0 Å². The van der Waals surface area contributed by atoms with Crippen molar-refractivity contribution in [1.82, 2.24) is 14.6 Å². The normalized spacial score (nSPS) is 12.6. The molecule has 5 rings (SSSR count). The van der Waals surface area contributed by atoms with E-state index in [9.17, 15) is 27.2 Å². The molecule has 52 heavy (non-hydrogen) atoms. The average Bonchev–Trinajstić information content (AvgIpc) is 3.54. The quantitative estimate of drug-likeness (QED) is 0.123. The van der Waals surface area contributed by atoms with Crippen LogP contribution in [0.3, 0.4) is 0 Å². The Bertz CT molecular complexity index is 2210. The number of esters is 1. The first-order chi connectivity index (χ1) is 24.7. The van der Waals surface area contributed by atoms with Crippen molar-refractivity contribution in [2.45, 2.75) is 37.6 Å². The Labute approximate surface area is 299 Å². The fourth-order valence-electron chi connectivity index (χ4n) is 4.97. The third-order valence-corrected chi connectivity index (χ3v) is 9.26. The van der Waals surface area contributed by atoms with E-state index in [4.69, 9.17) is 19.9 Å². The van der Waals surface area contributed by atoms with Gasteiger partial charge in [-0.2, -0.15) is 4.98 Å². The van der Waals surface area contributed by atoms with E-state index >= 15 is 0 Å². The standard InChI is InChI=1S/C36H37FN6O8S/c1-21(2)32(38)34(45)50-20-51-36(46)43(29-16-15-28(52(5,47)48)18-30(29)49-4)35-40-31-17-10-25(19-42(31)41-35)24-8-13-27(14-9-24)39-33(44)22(3)23-6-11-26(37)12-7-23/h6-19,21-22,32H,20,38H2,1-5H3,(H,39,44)/t22-,32+/m1/s1. The van der Waals surface area contributed by atoms with Gasteiger partial charge in [0.2, 0.25) is 12.7 Å². The number of hydrogen-bond acceptors (Lipinski definition) is 11. The van der Waals surface area contributed by atoms with Crippen LogP contribution in [-0.4, -0.2) is 67.2 Å². The number of carbonyl (C=O) groups is 3. The number of nitrogens with one attached hydrogen (secondary N) is 1. The number of fused-ring (bicyclic) bond motifs is 1. The molecule has 2 aromatic heterocycles. The van der Waals surface area contributed by atoms with Crippen LogP contribution >= 0.6 is 0 Å². The van der Waals surface area contributed by atoms with Gasteiger partial charge in [-0.3, -0.25) is 9.59 Å². The Morgan fingerprint density at radius 1 is 0.942 bits per heavy atom. The maximum absolute atomic E-state index is 13.6. The van der Waals surface area contributed by atoms with Crippen molar-refractivity contribution in [3.63, 3.8) is 0 Å². The summed E-state index contributed by atoms with van der Waals surface area (Å²) in [5.74, 6) is -2.28. The Kier molecular flexibility index (Phi) is 11.2. The Morgan fingerprint density at radius 3 is 2.25 bits per heavy atom. The van der Waals surface area contributed by atoms with Crippen molar-refractivity contribution >= 4 is 50.8 Å². The molecule has 0 saturated carbocycles. The second kappa shape index (κ2) is 15.6. The number of nitrogens with zero attached hydrogens (tertiary/aromatic N) is 4. The summed E-state index contributed by atoms with van der Waals surface area (Å²) in [6.45, 7) is 4.44. The highest BCUT2D eigenvalue weighted by atomic mass is 32.2. The van der Waals surface area contributed by atoms with Crippen molar-refractivity contribution < 1.29 is 41.4 Å². The SMILES string of the molecule is COc1cc(S(C)(=O)=O)ccc1N(C(=O)OCOC(=O)[C@@H](N)C(C)C)c1nc2ccc(-c3ccc(NC(=O)[C@H](C)c4ccc(F)cc4)cc3)cn2n1. The molecule has 5 aromatic rings. The van der Waals surface area contributed by atoms with Crippen molar-refractivity contribution in [3.8, 4) is 16.9 Å². The molecule has 16 heteroatoms. The zero-order valence-electron chi connectivity index (χ0n) is 28.9. The third-order valence-electron chi connectivity index (χ3n) is 8.15. The molecule has 2 heterocycles. The number of halogens is 1. The number of anilines is 3. The number of benzene rings is 3. The minimum atomic E-state index is -3.63. The molecule has 0 aliphatic heterocycles. The number of pyridine rings is 1. The van der Waals surface area contributed by atoms with Gasteiger partial charge in [-0.1, -0.05) is 38.1 Å². The molecule has 14 nitrogen and oxygen atoms in total. The highest BCUT2D eigenvalue weighted by molar-refractivity contribution is 7.90. The minimum Gasteiger partial charge on any atom is -0.495 e. The monoisotopic (exact) mass is 732 g/mol. The number of aromatic nitrogens is 3. The van der Waals surface area contributed by atoms with E-state index < -0.39 is 40.7 Å². The summed E-state index contributed by atoms with van der Waals surface area (Å²) in [5, 5.41) is 7.37. The lowest BCUT2D eigenvalue weighted by Gasteiger charge is -2.21. The lowest BCUT2D eigenvalue weighted by molar-refractivity contribution is -0.154. The van der Waals surface area contributed by atoms with Gasteiger partial charge in [-0.05, 0) is 72.5 Å². The molecule has 2 atom stereocenters. The fraction of sp³-hybridized carbons (Fsp3) is 0.250. The summed E-state index contributed by atoms with van der Waals surface area (Å²) in [6, 6.07) is 19.3. The Balaban J connectivity index is 1.41. The van der Waals surface area contributed by atoms with Crippen LogP contribution in [-0.2, 0) is 28.9 Å². The second-order valence-corrected chi connectivity index (χ2v) is 14.2. The van der Waals surface area contributed by atoms with Crippen molar-refractivity contribution in [2.75, 3.05) is 30.4 Å². The fourth-order valence-corrected chi connectivity index (χ4v) is 5.60. The number of methoxy groups -OCH3 is 1. The molecule has 3 N–H and O–H groups in total. The van der Waals surface area contributed by atoms with Crippen LogP contribution < -0.4 is 20.7 Å². The first-order valence-electron chi connectivity index (χ1n) is 16.0. The maximum Gasteiger partial charge on any atom is 0.424 e. The number of hydrogen-bond donors (Lipinski definition) is 2. The van der Waals surface area contributed by atoms with E-state index in [1.54, 1.807) is 63.4 Å². The van der Waals surface area contributed by atoms with Gasteiger partial charge >= 0.3 is 12.1 Å². The Hall–Kier alpha value is -5.87. The van der Waals surface area contributed by atoms with Crippen molar-refractivity contribution in [3.05, 3.63) is 96.4 Å². The topological polar surface area (TPSA) is 185 Å². The minimum absolute atomic E-state index is 0.00233. The van der Waals surface area contributed by atoms with Gasteiger partial charge in [0.1, 0.15) is 17.6 Å². The first kappa shape index (κ1) is 37.4. The van der Waals surface area contributed by atoms with Crippen LogP contribution in [0.4, 0.5) is 26.5 Å². The molecule has 0 spiro atoms. The second-order valence-electron chi connectivity index (χ2n) is 12.2. The average molecular weight is 733 g/mol. The number of sulfone groups is 1. The van der Waals surface area contributed by atoms with Crippen LogP contribution in [0.2, 0.25) is 0 Å². The lowest BCUT2D eigenvalue weighted by atomic mass is 10.00. The van der Waals surface area contributed by atoms with Crippen molar-refractivity contribution in [2.24, 2.45) is 11.7 Å². The number of nitrogens with two attached hydrogens (primary N) is 1. The summed E-state index contributed by atoms with van der Waals surface area (Å²) in [5.41, 5.74) is 8.96. The lowest BCUT2D eigenvalue weighted by Crippen LogP contribution is -2.38. The molecule has 272 valence electrons. The number of rotatable bonds is 12. The highest BCUT2D eigenvalue weighted by Crippen LogP contribution is 2.35. The molecule has 3 aromatic carbocycles. The van der Waals surface area contributed by atoms with Gasteiger partial charge in [0, 0.05) is 29.8 Å². The molecular weight excluding hydrogens is 695 g/mol. The molecular formula is C36H37FN6O8S. The smallest absolute Gasteiger partial charge is 0.424 e. The molecule has 0 unspecified atom stereocenters. The van der Waals surface area contributed by atoms with Gasteiger partial charge in [-0.25, -0.2) is 27.0 Å². The van der Waals surface area contributed by atoms with Gasteiger partial charge in [0.15, 0.2) is 15.5 Å². The molecule has 0 saturated heterocycles. The van der Waals surface area contributed by atoms with Crippen LogP contribution in [0.5, 0.6) is 5.75 Å². The summed E-state index contributed by atoms with van der Waals surface area (Å²) in [7, 11) is -2.33. The Morgan fingerprint density at radius 2 is 1.62 bits per heavy atom. The summed E-state index contributed by atoms with van der Waals surface area (Å²) >= 11 is 0. The highest BCUT2D eigenvalue weighted by Gasteiger charge is 2.29. The molecule has 0 fully saturated rings. The third kappa shape index (κ3) is 8.52. The van der Waals surface area contributed by atoms with Crippen LogP contribution in [0, 0.1) is 11.7 Å². The van der Waals surface area contributed by atoms with Crippen LogP contribution in [0.15, 0.2) is 90.0 Å².